The van der Waals surface area contributed by atoms with Gasteiger partial charge in [0.15, 0.2) is 6.10 Å². The zero-order chi connectivity index (χ0) is 11.3. The molecule has 0 bridgehead atoms. The average Bonchev–Trinajstić information content (AvgIpc) is 2.23. The highest BCUT2D eigenvalue weighted by molar-refractivity contribution is 5.80. The van der Waals surface area contributed by atoms with E-state index in [9.17, 15) is 15.0 Å². The molecular formula is C9H19NO4. The maximum absolute atomic E-state index is 11.0. The third-order valence-electron chi connectivity index (χ3n) is 2.56. The first-order valence-corrected chi connectivity index (χ1v) is 4.64. The summed E-state index contributed by atoms with van der Waals surface area (Å²) in [4.78, 5) is 11.0. The average molecular weight is 205 g/mol. The van der Waals surface area contributed by atoms with E-state index in [1.807, 2.05) is 0 Å². The molecule has 0 spiro atoms. The third kappa shape index (κ3) is 3.25. The monoisotopic (exact) mass is 205 g/mol. The molecule has 0 aromatic rings. The largest absolute Gasteiger partial charge is 0.396 e. The first-order chi connectivity index (χ1) is 6.45. The number of hydrogen-bond acceptors (Lipinski definition) is 4. The molecule has 4 N–H and O–H groups in total. The Morgan fingerprint density at radius 2 is 1.86 bits per heavy atom. The van der Waals surface area contributed by atoms with Crippen LogP contribution in [0.3, 0.4) is 0 Å². The maximum atomic E-state index is 11.0. The minimum absolute atomic E-state index is 0.0846. The number of amides is 1. The van der Waals surface area contributed by atoms with Crippen LogP contribution in [0.5, 0.6) is 0 Å². The Hall–Kier alpha value is -0.650. The molecule has 5 nitrogen and oxygen atoms in total. The first kappa shape index (κ1) is 13.4. The molecule has 0 aromatic heterocycles. The molecule has 0 radical (unpaired) electrons. The zero-order valence-corrected chi connectivity index (χ0v) is 8.77. The van der Waals surface area contributed by atoms with Gasteiger partial charge in [-0.1, -0.05) is 13.8 Å². The summed E-state index contributed by atoms with van der Waals surface area (Å²) in [5.74, 6) is -1.12. The number of rotatable bonds is 5. The summed E-state index contributed by atoms with van der Waals surface area (Å²) in [6.45, 7) is 3.33. The number of likely N-dealkylation sites (N-methyl/N-ethyl adjacent to an activating group) is 1. The fraction of sp³-hybridized carbons (Fsp3) is 0.889. The highest BCUT2D eigenvalue weighted by atomic mass is 16.3. The molecule has 0 aliphatic heterocycles. The Morgan fingerprint density at radius 3 is 2.21 bits per heavy atom. The van der Waals surface area contributed by atoms with Crippen LogP contribution in [0.15, 0.2) is 0 Å². The molecule has 0 heterocycles. The van der Waals surface area contributed by atoms with Gasteiger partial charge in [-0.2, -0.15) is 0 Å². The molecule has 0 saturated heterocycles. The van der Waals surface area contributed by atoms with Gasteiger partial charge in [-0.15, -0.1) is 0 Å². The third-order valence-corrected chi connectivity index (χ3v) is 2.56. The van der Waals surface area contributed by atoms with E-state index in [0.29, 0.717) is 0 Å². The molecule has 14 heavy (non-hydrogen) atoms. The van der Waals surface area contributed by atoms with Crippen molar-refractivity contribution in [3.05, 3.63) is 0 Å². The van der Waals surface area contributed by atoms with E-state index in [1.165, 1.54) is 7.05 Å². The topological polar surface area (TPSA) is 89.8 Å². The number of nitrogens with one attached hydrogen (secondary N) is 1. The number of aliphatic hydroxyl groups is 3. The number of carbonyl (C=O) groups excluding carboxylic acids is 1. The molecule has 0 rings (SSSR count). The summed E-state index contributed by atoms with van der Waals surface area (Å²) in [7, 11) is 1.39. The van der Waals surface area contributed by atoms with Gasteiger partial charge in [-0.05, 0) is 11.8 Å². The molecular weight excluding hydrogens is 186 g/mol. The molecule has 0 aromatic carbocycles. The minimum atomic E-state index is -1.44. The van der Waals surface area contributed by atoms with Crippen molar-refractivity contribution in [2.45, 2.75) is 26.1 Å². The van der Waals surface area contributed by atoms with E-state index in [2.05, 4.69) is 5.32 Å². The Kier molecular flexibility index (Phi) is 5.68. The fourth-order valence-electron chi connectivity index (χ4n) is 1.09. The summed E-state index contributed by atoms with van der Waals surface area (Å²) in [6, 6.07) is 0. The van der Waals surface area contributed by atoms with Crippen LogP contribution in [0.4, 0.5) is 0 Å². The fourth-order valence-corrected chi connectivity index (χ4v) is 1.09. The SMILES string of the molecule is CNC(=O)C(O)C(O)C(C)C(C)CO. The van der Waals surface area contributed by atoms with Gasteiger partial charge in [0.05, 0.1) is 6.10 Å². The summed E-state index contributed by atoms with van der Waals surface area (Å²) < 4.78 is 0. The van der Waals surface area contributed by atoms with Gasteiger partial charge < -0.3 is 20.6 Å². The van der Waals surface area contributed by atoms with Gasteiger partial charge in [0.2, 0.25) is 0 Å². The quantitative estimate of drug-likeness (QED) is 0.450. The standard InChI is InChI=1S/C9H19NO4/c1-5(4-11)6(2)7(12)8(13)9(14)10-3/h5-8,11-13H,4H2,1-3H3,(H,10,14). The van der Waals surface area contributed by atoms with Crippen molar-refractivity contribution in [1.82, 2.24) is 5.32 Å². The van der Waals surface area contributed by atoms with E-state index >= 15 is 0 Å². The predicted molar refractivity (Wildman–Crippen MR) is 51.5 cm³/mol. The number of aliphatic hydroxyl groups excluding tert-OH is 3. The molecule has 5 heteroatoms. The van der Waals surface area contributed by atoms with Crippen molar-refractivity contribution >= 4 is 5.91 Å². The van der Waals surface area contributed by atoms with Crippen LogP contribution in [0.25, 0.3) is 0 Å². The lowest BCUT2D eigenvalue weighted by Crippen LogP contribution is -2.45. The maximum Gasteiger partial charge on any atom is 0.251 e. The van der Waals surface area contributed by atoms with Gasteiger partial charge in [-0.25, -0.2) is 0 Å². The number of hydrogen-bond donors (Lipinski definition) is 4. The first-order valence-electron chi connectivity index (χ1n) is 4.64. The van der Waals surface area contributed by atoms with E-state index in [1.54, 1.807) is 13.8 Å². The summed E-state index contributed by atoms with van der Waals surface area (Å²) in [5, 5.41) is 30.0. The van der Waals surface area contributed by atoms with Gasteiger partial charge in [0.1, 0.15) is 0 Å². The van der Waals surface area contributed by atoms with Gasteiger partial charge in [-0.3, -0.25) is 4.79 Å². The van der Waals surface area contributed by atoms with Crippen LogP contribution in [-0.4, -0.2) is 47.1 Å². The Balaban J connectivity index is 4.30. The Labute approximate surface area is 83.8 Å². The molecule has 4 unspecified atom stereocenters. The van der Waals surface area contributed by atoms with Crippen molar-refractivity contribution in [1.29, 1.82) is 0 Å². The molecule has 0 aliphatic rings. The van der Waals surface area contributed by atoms with Gasteiger partial charge in [0, 0.05) is 13.7 Å². The van der Waals surface area contributed by atoms with Gasteiger partial charge in [0.25, 0.3) is 5.91 Å². The van der Waals surface area contributed by atoms with Crippen molar-refractivity contribution in [3.63, 3.8) is 0 Å². The van der Waals surface area contributed by atoms with E-state index in [4.69, 9.17) is 5.11 Å². The lowest BCUT2D eigenvalue weighted by Gasteiger charge is -2.26. The Morgan fingerprint density at radius 1 is 1.36 bits per heavy atom. The van der Waals surface area contributed by atoms with Gasteiger partial charge >= 0.3 is 0 Å². The summed E-state index contributed by atoms with van der Waals surface area (Å²) in [5.41, 5.74) is 0. The highest BCUT2D eigenvalue weighted by Gasteiger charge is 2.30. The molecule has 0 saturated carbocycles. The van der Waals surface area contributed by atoms with Crippen LogP contribution in [0.2, 0.25) is 0 Å². The molecule has 0 aliphatic carbocycles. The number of carbonyl (C=O) groups is 1. The van der Waals surface area contributed by atoms with Crippen LogP contribution < -0.4 is 5.32 Å². The lowest BCUT2D eigenvalue weighted by atomic mass is 9.88. The predicted octanol–water partition coefficient (Wildman–Crippen LogP) is -1.28. The van der Waals surface area contributed by atoms with Crippen molar-refractivity contribution in [2.24, 2.45) is 11.8 Å². The summed E-state index contributed by atoms with van der Waals surface area (Å²) >= 11 is 0. The minimum Gasteiger partial charge on any atom is -0.396 e. The normalized spacial score (nSPS) is 19.6. The second-order valence-corrected chi connectivity index (χ2v) is 3.57. The molecule has 1 amide bonds. The van der Waals surface area contributed by atoms with Crippen LogP contribution in [0, 0.1) is 11.8 Å². The molecule has 0 fully saturated rings. The van der Waals surface area contributed by atoms with Crippen molar-refractivity contribution in [2.75, 3.05) is 13.7 Å². The Bertz CT molecular complexity index is 186. The van der Waals surface area contributed by atoms with E-state index in [-0.39, 0.29) is 18.4 Å². The second kappa shape index (κ2) is 5.95. The zero-order valence-electron chi connectivity index (χ0n) is 8.77. The van der Waals surface area contributed by atoms with Crippen molar-refractivity contribution in [3.8, 4) is 0 Å². The van der Waals surface area contributed by atoms with Crippen LogP contribution >= 0.6 is 0 Å². The smallest absolute Gasteiger partial charge is 0.251 e. The van der Waals surface area contributed by atoms with Crippen LogP contribution in [0.1, 0.15) is 13.8 Å². The summed E-state index contributed by atoms with van der Waals surface area (Å²) in [6.07, 6.45) is -2.60. The van der Waals surface area contributed by atoms with E-state index in [0.717, 1.165) is 0 Å². The van der Waals surface area contributed by atoms with Crippen LogP contribution in [-0.2, 0) is 4.79 Å². The van der Waals surface area contributed by atoms with E-state index < -0.39 is 18.1 Å². The highest BCUT2D eigenvalue weighted by Crippen LogP contribution is 2.17. The molecule has 4 atom stereocenters. The lowest BCUT2D eigenvalue weighted by molar-refractivity contribution is -0.137. The molecule has 84 valence electrons. The van der Waals surface area contributed by atoms with Crippen molar-refractivity contribution < 1.29 is 20.1 Å². The second-order valence-electron chi connectivity index (χ2n) is 3.57.